The Morgan fingerprint density at radius 2 is 2.05 bits per heavy atom. The minimum Gasteiger partial charge on any atom is -0.481 e. The van der Waals surface area contributed by atoms with Crippen molar-refractivity contribution in [3.05, 3.63) is 17.5 Å². The molecule has 1 rings (SSSR count). The van der Waals surface area contributed by atoms with Crippen molar-refractivity contribution in [1.82, 2.24) is 10.0 Å². The molecule has 1 heterocycles. The Bertz CT molecular complexity index is 593. The number of hydrogen-bond acceptors (Lipinski definition) is 5. The van der Waals surface area contributed by atoms with Crippen LogP contribution in [0.15, 0.2) is 21.7 Å². The first kappa shape index (κ1) is 17.6. The number of rotatable bonds is 8. The molecule has 1 aromatic rings. The first-order valence-electron chi connectivity index (χ1n) is 6.18. The normalized spacial score (nSPS) is 12.1. The first-order chi connectivity index (χ1) is 9.62. The van der Waals surface area contributed by atoms with Gasteiger partial charge in [-0.25, -0.2) is 13.1 Å². The molecule has 0 radical (unpaired) electrons. The van der Waals surface area contributed by atoms with Gasteiger partial charge < -0.3 is 10.4 Å². The number of amides is 1. The van der Waals surface area contributed by atoms with Gasteiger partial charge in [0.2, 0.25) is 15.9 Å². The van der Waals surface area contributed by atoms with Crippen LogP contribution >= 0.6 is 11.3 Å². The molecule has 3 N–H and O–H groups in total. The number of carboxylic acids is 1. The van der Waals surface area contributed by atoms with E-state index < -0.39 is 27.4 Å². The fraction of sp³-hybridized carbons (Fsp3) is 0.500. The molecule has 0 saturated carbocycles. The second-order valence-corrected chi connectivity index (χ2v) is 8.02. The molecule has 118 valence electrons. The van der Waals surface area contributed by atoms with Crippen LogP contribution in [0.2, 0.25) is 0 Å². The van der Waals surface area contributed by atoms with Crippen LogP contribution in [0.3, 0.4) is 0 Å². The van der Waals surface area contributed by atoms with Crippen molar-refractivity contribution < 1.29 is 23.1 Å². The zero-order valence-electron chi connectivity index (χ0n) is 11.8. The van der Waals surface area contributed by atoms with Crippen molar-refractivity contribution in [2.24, 2.45) is 0 Å². The predicted octanol–water partition coefficient (Wildman–Crippen LogP) is 0.786. The third-order valence-corrected chi connectivity index (χ3v) is 5.33. The van der Waals surface area contributed by atoms with Crippen LogP contribution in [0.5, 0.6) is 0 Å². The fourth-order valence-corrected chi connectivity index (χ4v) is 3.72. The van der Waals surface area contributed by atoms with Gasteiger partial charge in [-0.05, 0) is 25.3 Å². The molecule has 9 heteroatoms. The van der Waals surface area contributed by atoms with Gasteiger partial charge in [0.25, 0.3) is 0 Å². The van der Waals surface area contributed by atoms with E-state index in [0.717, 1.165) is 11.3 Å². The second kappa shape index (κ2) is 7.01. The SMILES string of the molecule is CC(C)(CC(=O)O)NC(=O)CCNS(=O)(=O)c1cccs1. The second-order valence-electron chi connectivity index (χ2n) is 5.08. The lowest BCUT2D eigenvalue weighted by molar-refractivity contribution is -0.138. The Labute approximate surface area is 127 Å². The maximum absolute atomic E-state index is 11.8. The van der Waals surface area contributed by atoms with E-state index in [2.05, 4.69) is 10.0 Å². The molecule has 0 atom stereocenters. The van der Waals surface area contributed by atoms with Crippen LogP contribution in [0, 0.1) is 0 Å². The standard InChI is InChI=1S/C12H18N2O5S2/c1-12(2,8-10(16)17)14-9(15)5-6-13-21(18,19)11-4-3-7-20-11/h3-4,7,13H,5-6,8H2,1-2H3,(H,14,15)(H,16,17). The summed E-state index contributed by atoms with van der Waals surface area (Å²) in [5, 5.41) is 12.9. The summed E-state index contributed by atoms with van der Waals surface area (Å²) in [6.45, 7) is 3.14. The lowest BCUT2D eigenvalue weighted by Gasteiger charge is -2.24. The molecule has 0 bridgehead atoms. The van der Waals surface area contributed by atoms with Crippen LogP contribution in [0.4, 0.5) is 0 Å². The quantitative estimate of drug-likeness (QED) is 0.650. The zero-order valence-corrected chi connectivity index (χ0v) is 13.4. The minimum absolute atomic E-state index is 0.0464. The molecule has 0 spiro atoms. The van der Waals surface area contributed by atoms with E-state index in [1.54, 1.807) is 25.3 Å². The summed E-state index contributed by atoms with van der Waals surface area (Å²) in [5.41, 5.74) is -0.879. The van der Waals surface area contributed by atoms with Gasteiger partial charge in [-0.15, -0.1) is 11.3 Å². The van der Waals surface area contributed by atoms with E-state index in [4.69, 9.17) is 5.11 Å². The zero-order chi connectivity index (χ0) is 16.1. The summed E-state index contributed by atoms with van der Waals surface area (Å²) in [4.78, 5) is 22.3. The molecule has 0 aliphatic rings. The van der Waals surface area contributed by atoms with Crippen LogP contribution in [-0.2, 0) is 19.6 Å². The molecular formula is C12H18N2O5S2. The van der Waals surface area contributed by atoms with Crippen LogP contribution in [0.1, 0.15) is 26.7 Å². The molecular weight excluding hydrogens is 316 g/mol. The fourth-order valence-electron chi connectivity index (χ4n) is 1.65. The Hall–Kier alpha value is -1.45. The molecule has 0 aromatic carbocycles. The maximum atomic E-state index is 11.8. The van der Waals surface area contributed by atoms with Gasteiger partial charge >= 0.3 is 5.97 Å². The van der Waals surface area contributed by atoms with Crippen molar-refractivity contribution in [1.29, 1.82) is 0 Å². The van der Waals surface area contributed by atoms with Crippen molar-refractivity contribution in [2.45, 2.75) is 36.4 Å². The highest BCUT2D eigenvalue weighted by atomic mass is 32.2. The van der Waals surface area contributed by atoms with Crippen molar-refractivity contribution in [3.8, 4) is 0 Å². The van der Waals surface area contributed by atoms with Crippen molar-refractivity contribution in [2.75, 3.05) is 6.54 Å². The molecule has 0 unspecified atom stereocenters. The molecule has 1 aromatic heterocycles. The predicted molar refractivity (Wildman–Crippen MR) is 78.6 cm³/mol. The van der Waals surface area contributed by atoms with Gasteiger partial charge in [0.05, 0.1) is 6.42 Å². The summed E-state index contributed by atoms with van der Waals surface area (Å²) in [7, 11) is -3.58. The first-order valence-corrected chi connectivity index (χ1v) is 8.55. The summed E-state index contributed by atoms with van der Waals surface area (Å²) in [5.74, 6) is -1.42. The number of carbonyl (C=O) groups is 2. The molecule has 7 nitrogen and oxygen atoms in total. The molecule has 1 amide bonds. The summed E-state index contributed by atoms with van der Waals surface area (Å²) in [6.07, 6.45) is -0.271. The van der Waals surface area contributed by atoms with Gasteiger partial charge in [0.15, 0.2) is 0 Å². The van der Waals surface area contributed by atoms with Crippen molar-refractivity contribution in [3.63, 3.8) is 0 Å². The number of carbonyl (C=O) groups excluding carboxylic acids is 1. The highest BCUT2D eigenvalue weighted by Crippen LogP contribution is 2.15. The number of nitrogens with one attached hydrogen (secondary N) is 2. The van der Waals surface area contributed by atoms with Crippen LogP contribution in [-0.4, -0.2) is 37.5 Å². The van der Waals surface area contributed by atoms with Gasteiger partial charge in [-0.2, -0.15) is 0 Å². The van der Waals surface area contributed by atoms with E-state index in [9.17, 15) is 18.0 Å². The smallest absolute Gasteiger partial charge is 0.305 e. The van der Waals surface area contributed by atoms with E-state index in [1.807, 2.05) is 0 Å². The number of hydrogen-bond donors (Lipinski definition) is 3. The summed E-state index contributed by atoms with van der Waals surface area (Å²) >= 11 is 1.09. The van der Waals surface area contributed by atoms with Gasteiger partial charge in [0.1, 0.15) is 4.21 Å². The van der Waals surface area contributed by atoms with E-state index in [0.29, 0.717) is 0 Å². The number of carboxylic acid groups (broad SMARTS) is 1. The van der Waals surface area contributed by atoms with Gasteiger partial charge in [0, 0.05) is 18.5 Å². The van der Waals surface area contributed by atoms with E-state index >= 15 is 0 Å². The Kier molecular flexibility index (Phi) is 5.87. The number of sulfonamides is 1. The Morgan fingerprint density at radius 1 is 1.38 bits per heavy atom. The maximum Gasteiger partial charge on any atom is 0.305 e. The third kappa shape index (κ3) is 6.23. The van der Waals surface area contributed by atoms with Gasteiger partial charge in [-0.1, -0.05) is 6.07 Å². The summed E-state index contributed by atoms with van der Waals surface area (Å²) < 4.78 is 26.1. The lowest BCUT2D eigenvalue weighted by Crippen LogP contribution is -2.45. The monoisotopic (exact) mass is 334 g/mol. The Morgan fingerprint density at radius 3 is 2.57 bits per heavy atom. The number of thiophene rings is 1. The van der Waals surface area contributed by atoms with Crippen LogP contribution in [0.25, 0.3) is 0 Å². The van der Waals surface area contributed by atoms with E-state index in [-0.39, 0.29) is 23.6 Å². The molecule has 21 heavy (non-hydrogen) atoms. The highest BCUT2D eigenvalue weighted by molar-refractivity contribution is 7.91. The number of aliphatic carboxylic acids is 1. The lowest BCUT2D eigenvalue weighted by atomic mass is 10.0. The van der Waals surface area contributed by atoms with Crippen LogP contribution < -0.4 is 10.0 Å². The largest absolute Gasteiger partial charge is 0.481 e. The Balaban J connectivity index is 2.42. The average molecular weight is 334 g/mol. The topological polar surface area (TPSA) is 113 Å². The summed E-state index contributed by atoms with van der Waals surface area (Å²) in [6, 6.07) is 3.10. The molecule has 0 fully saturated rings. The molecule has 0 aliphatic heterocycles. The molecule has 0 aliphatic carbocycles. The molecule has 0 saturated heterocycles. The highest BCUT2D eigenvalue weighted by Gasteiger charge is 2.24. The third-order valence-electron chi connectivity index (χ3n) is 2.48. The minimum atomic E-state index is -3.58. The van der Waals surface area contributed by atoms with E-state index in [1.165, 1.54) is 6.07 Å². The van der Waals surface area contributed by atoms with Gasteiger partial charge in [-0.3, -0.25) is 9.59 Å². The van der Waals surface area contributed by atoms with Crippen molar-refractivity contribution >= 4 is 33.2 Å². The average Bonchev–Trinajstić information content (AvgIpc) is 2.79.